The van der Waals surface area contributed by atoms with Crippen molar-refractivity contribution in [3.05, 3.63) is 66.4 Å². The summed E-state index contributed by atoms with van der Waals surface area (Å²) in [6.07, 6.45) is 2.95. The van der Waals surface area contributed by atoms with Crippen LogP contribution in [0.2, 0.25) is 0 Å². The normalized spacial score (nSPS) is 17.6. The number of primary amides is 1. The fourth-order valence-corrected chi connectivity index (χ4v) is 7.15. The van der Waals surface area contributed by atoms with Crippen LogP contribution in [0, 0.1) is 12.8 Å². The molecule has 2 saturated heterocycles. The van der Waals surface area contributed by atoms with Crippen molar-refractivity contribution >= 4 is 56.0 Å². The van der Waals surface area contributed by atoms with Gasteiger partial charge in [0.25, 0.3) is 10.0 Å². The van der Waals surface area contributed by atoms with Crippen LogP contribution in [-0.4, -0.2) is 78.3 Å². The number of carbonyl (C=O) groups is 2. The van der Waals surface area contributed by atoms with Gasteiger partial charge in [-0.2, -0.15) is 9.97 Å². The lowest BCUT2D eigenvalue weighted by Gasteiger charge is -2.35. The van der Waals surface area contributed by atoms with E-state index >= 15 is 0 Å². The molecule has 0 spiro atoms. The van der Waals surface area contributed by atoms with E-state index in [-0.39, 0.29) is 34.2 Å². The number of aromatic nitrogens is 3. The number of fused-ring (bicyclic) bond motifs is 1. The van der Waals surface area contributed by atoms with Gasteiger partial charge in [0, 0.05) is 63.8 Å². The van der Waals surface area contributed by atoms with Crippen molar-refractivity contribution in [2.75, 3.05) is 54.4 Å². The highest BCUT2D eigenvalue weighted by Crippen LogP contribution is 2.33. The number of piperidine rings is 1. The number of nitrogens with two attached hydrogens (primary N) is 1. The Morgan fingerprint density at radius 3 is 2.27 bits per heavy atom. The topological polar surface area (TPSA) is 147 Å². The summed E-state index contributed by atoms with van der Waals surface area (Å²) in [5, 5.41) is 3.82. The molecule has 0 radical (unpaired) electrons. The molecule has 0 bridgehead atoms. The maximum Gasteiger partial charge on any atom is 0.269 e. The fourth-order valence-electron chi connectivity index (χ4n) is 5.86. The molecule has 6 rings (SSSR count). The number of nitrogens with zero attached hydrogens (tertiary/aromatic N) is 6. The number of hydrogen-bond acceptors (Lipinski definition) is 9. The summed E-state index contributed by atoms with van der Waals surface area (Å²) in [7, 11) is -3.95. The van der Waals surface area contributed by atoms with Gasteiger partial charge in [-0.15, -0.1) is 0 Å². The summed E-state index contributed by atoms with van der Waals surface area (Å²) in [5.41, 5.74) is 8.62. The number of nitrogens with one attached hydrogen (secondary N) is 1. The molecule has 1 unspecified atom stereocenters. The lowest BCUT2D eigenvalue weighted by molar-refractivity contribution is -0.129. The molecule has 2 amide bonds. The van der Waals surface area contributed by atoms with E-state index in [1.54, 1.807) is 37.3 Å². The first-order chi connectivity index (χ1) is 21.1. The highest BCUT2D eigenvalue weighted by molar-refractivity contribution is 7.90. The molecule has 2 aliphatic rings. The van der Waals surface area contributed by atoms with Crippen LogP contribution in [0.1, 0.15) is 25.3 Å². The predicted molar refractivity (Wildman–Crippen MR) is 170 cm³/mol. The van der Waals surface area contributed by atoms with E-state index < -0.39 is 10.0 Å². The molecule has 230 valence electrons. The summed E-state index contributed by atoms with van der Waals surface area (Å²) in [4.78, 5) is 39.5. The Morgan fingerprint density at radius 2 is 1.61 bits per heavy atom. The van der Waals surface area contributed by atoms with Crippen molar-refractivity contribution in [1.82, 2.24) is 18.8 Å². The molecule has 1 atom stereocenters. The zero-order chi connectivity index (χ0) is 31.0. The first-order valence-corrected chi connectivity index (χ1v) is 16.2. The zero-order valence-electron chi connectivity index (χ0n) is 24.8. The number of anilines is 4. The zero-order valence-corrected chi connectivity index (χ0v) is 25.6. The SMILES string of the molecule is CC(=O)N1CCN(c2ccc(Nc3nc(N4CCCC(C(N)=O)C4)c4ccn(S(=O)(=O)c5ccc(C)cc5)c4n3)cc2)CC1. The van der Waals surface area contributed by atoms with Gasteiger partial charge in [0.1, 0.15) is 5.82 Å². The highest BCUT2D eigenvalue weighted by atomic mass is 32.2. The molecular weight excluding hydrogens is 580 g/mol. The number of aryl methyl sites for hydroxylation is 1. The van der Waals surface area contributed by atoms with Gasteiger partial charge in [0.05, 0.1) is 16.2 Å². The fraction of sp³-hybridized carbons (Fsp3) is 0.355. The van der Waals surface area contributed by atoms with Crippen LogP contribution in [0.5, 0.6) is 0 Å². The second-order valence-electron chi connectivity index (χ2n) is 11.4. The highest BCUT2D eigenvalue weighted by Gasteiger charge is 2.29. The van der Waals surface area contributed by atoms with Crippen molar-refractivity contribution in [2.45, 2.75) is 31.6 Å². The van der Waals surface area contributed by atoms with Gasteiger partial charge < -0.3 is 25.8 Å². The lowest BCUT2D eigenvalue weighted by Crippen LogP contribution is -2.48. The molecule has 12 nitrogen and oxygen atoms in total. The Balaban J connectivity index is 1.34. The van der Waals surface area contributed by atoms with Crippen molar-refractivity contribution in [3.63, 3.8) is 0 Å². The van der Waals surface area contributed by atoms with Crippen LogP contribution >= 0.6 is 0 Å². The summed E-state index contributed by atoms with van der Waals surface area (Å²) >= 11 is 0. The van der Waals surface area contributed by atoms with Crippen molar-refractivity contribution < 1.29 is 18.0 Å². The van der Waals surface area contributed by atoms with Gasteiger partial charge >= 0.3 is 0 Å². The quantitative estimate of drug-likeness (QED) is 0.320. The van der Waals surface area contributed by atoms with Crippen molar-refractivity contribution in [1.29, 1.82) is 0 Å². The van der Waals surface area contributed by atoms with Crippen LogP contribution in [0.3, 0.4) is 0 Å². The molecule has 0 saturated carbocycles. The first kappa shape index (κ1) is 29.4. The summed E-state index contributed by atoms with van der Waals surface area (Å²) in [6.45, 7) is 7.41. The number of rotatable bonds is 7. The Bertz CT molecular complexity index is 1800. The summed E-state index contributed by atoms with van der Waals surface area (Å²) in [5.74, 6) is 0.180. The third-order valence-corrected chi connectivity index (χ3v) is 10.1. The molecule has 2 fully saturated rings. The maximum atomic E-state index is 13.7. The minimum absolute atomic E-state index is 0.0908. The Hall–Kier alpha value is -4.65. The summed E-state index contributed by atoms with van der Waals surface area (Å²) < 4.78 is 28.7. The molecule has 0 aliphatic carbocycles. The lowest BCUT2D eigenvalue weighted by atomic mass is 9.97. The monoisotopic (exact) mass is 616 g/mol. The number of benzene rings is 2. The molecule has 44 heavy (non-hydrogen) atoms. The van der Waals surface area contributed by atoms with Gasteiger partial charge in [-0.1, -0.05) is 17.7 Å². The number of amides is 2. The Morgan fingerprint density at radius 1 is 0.909 bits per heavy atom. The maximum absolute atomic E-state index is 13.7. The largest absolute Gasteiger partial charge is 0.369 e. The number of piperazine rings is 1. The van der Waals surface area contributed by atoms with Crippen LogP contribution in [0.25, 0.3) is 11.0 Å². The molecule has 3 N–H and O–H groups in total. The van der Waals surface area contributed by atoms with E-state index in [0.29, 0.717) is 43.8 Å². The second-order valence-corrected chi connectivity index (χ2v) is 13.2. The Kier molecular flexibility index (Phi) is 7.89. The van der Waals surface area contributed by atoms with E-state index in [2.05, 4.69) is 15.2 Å². The smallest absolute Gasteiger partial charge is 0.269 e. The van der Waals surface area contributed by atoms with E-state index in [1.807, 2.05) is 41.0 Å². The van der Waals surface area contributed by atoms with E-state index in [4.69, 9.17) is 10.7 Å². The van der Waals surface area contributed by atoms with Crippen LogP contribution < -0.4 is 20.9 Å². The number of hydrogen-bond donors (Lipinski definition) is 2. The standard InChI is InChI=1S/C31H36N8O4S/c1-21-5-11-26(12-6-21)44(42,43)39-15-13-27-29(38-14-3-4-23(20-38)28(32)41)34-31(35-30(27)39)33-24-7-9-25(10-8-24)37-18-16-36(17-19-37)22(2)40/h5-13,15,23H,3-4,14,16-20H2,1-2H3,(H2,32,41)(H,33,34,35). The number of carbonyl (C=O) groups excluding carboxylic acids is 2. The molecule has 4 aromatic rings. The summed E-state index contributed by atoms with van der Waals surface area (Å²) in [6, 6.07) is 16.2. The molecule has 2 aromatic carbocycles. The van der Waals surface area contributed by atoms with E-state index in [0.717, 1.165) is 36.4 Å². The third-order valence-electron chi connectivity index (χ3n) is 8.41. The van der Waals surface area contributed by atoms with Crippen molar-refractivity contribution in [3.8, 4) is 0 Å². The minimum Gasteiger partial charge on any atom is -0.369 e. The average Bonchev–Trinajstić information content (AvgIpc) is 3.46. The predicted octanol–water partition coefficient (Wildman–Crippen LogP) is 3.09. The van der Waals surface area contributed by atoms with Crippen molar-refractivity contribution in [2.24, 2.45) is 11.7 Å². The van der Waals surface area contributed by atoms with Crippen LogP contribution in [0.4, 0.5) is 23.1 Å². The van der Waals surface area contributed by atoms with Gasteiger partial charge in [0.2, 0.25) is 17.8 Å². The molecule has 4 heterocycles. The second kappa shape index (κ2) is 11.8. The van der Waals surface area contributed by atoms with Gasteiger partial charge in [-0.3, -0.25) is 9.59 Å². The van der Waals surface area contributed by atoms with Gasteiger partial charge in [-0.05, 0) is 62.2 Å². The minimum atomic E-state index is -3.95. The molecular formula is C31H36N8O4S. The van der Waals surface area contributed by atoms with Crippen LogP contribution in [0.15, 0.2) is 65.7 Å². The Labute approximate surface area is 256 Å². The molecule has 2 aromatic heterocycles. The third kappa shape index (κ3) is 5.79. The van der Waals surface area contributed by atoms with E-state index in [9.17, 15) is 18.0 Å². The first-order valence-electron chi connectivity index (χ1n) is 14.7. The van der Waals surface area contributed by atoms with Gasteiger partial charge in [-0.25, -0.2) is 12.4 Å². The average molecular weight is 617 g/mol. The molecule has 13 heteroatoms. The van der Waals surface area contributed by atoms with Gasteiger partial charge in [0.15, 0.2) is 5.65 Å². The van der Waals surface area contributed by atoms with Crippen LogP contribution in [-0.2, 0) is 19.6 Å². The molecule has 2 aliphatic heterocycles. The van der Waals surface area contributed by atoms with E-state index in [1.165, 1.54) is 10.2 Å².